The summed E-state index contributed by atoms with van der Waals surface area (Å²) in [6, 6.07) is 13.8. The van der Waals surface area contributed by atoms with Crippen molar-refractivity contribution in [2.75, 3.05) is 0 Å². The molecular weight excluding hydrogens is 186 g/mol. The van der Waals surface area contributed by atoms with E-state index in [-0.39, 0.29) is 6.61 Å². The first-order valence-corrected chi connectivity index (χ1v) is 4.97. The van der Waals surface area contributed by atoms with Gasteiger partial charge in [0.1, 0.15) is 0 Å². The largest absolute Gasteiger partial charge is 0.392 e. The van der Waals surface area contributed by atoms with Crippen molar-refractivity contribution < 1.29 is 5.11 Å². The van der Waals surface area contributed by atoms with Gasteiger partial charge in [0.25, 0.3) is 0 Å². The summed E-state index contributed by atoms with van der Waals surface area (Å²) < 4.78 is 0. The first kappa shape index (κ1) is 9.87. The summed E-state index contributed by atoms with van der Waals surface area (Å²) in [5.41, 5.74) is 3.18. The summed E-state index contributed by atoms with van der Waals surface area (Å²) in [5, 5.41) is 9.01. The van der Waals surface area contributed by atoms with E-state index in [4.69, 9.17) is 5.11 Å². The highest BCUT2D eigenvalue weighted by Crippen LogP contribution is 2.09. The summed E-state index contributed by atoms with van der Waals surface area (Å²) >= 11 is 0. The third kappa shape index (κ3) is 2.64. The predicted molar refractivity (Wildman–Crippen MR) is 59.4 cm³/mol. The summed E-state index contributed by atoms with van der Waals surface area (Å²) in [6.07, 6.45) is 2.61. The maximum atomic E-state index is 9.01. The SMILES string of the molecule is OCc1cccc(Cc2ccccn2)c1. The molecule has 0 atom stereocenters. The van der Waals surface area contributed by atoms with Crippen molar-refractivity contribution in [3.05, 3.63) is 65.5 Å². The molecule has 0 radical (unpaired) electrons. The zero-order chi connectivity index (χ0) is 10.5. The predicted octanol–water partition coefficient (Wildman–Crippen LogP) is 2.16. The molecule has 2 nitrogen and oxygen atoms in total. The van der Waals surface area contributed by atoms with Crippen molar-refractivity contribution in [1.82, 2.24) is 4.98 Å². The second kappa shape index (κ2) is 4.71. The number of benzene rings is 1. The molecule has 0 aliphatic carbocycles. The van der Waals surface area contributed by atoms with Crippen LogP contribution in [0.1, 0.15) is 16.8 Å². The Morgan fingerprint density at radius 1 is 1.00 bits per heavy atom. The van der Waals surface area contributed by atoms with Crippen LogP contribution in [0.15, 0.2) is 48.7 Å². The zero-order valence-electron chi connectivity index (χ0n) is 8.43. The Kier molecular flexibility index (Phi) is 3.10. The molecule has 1 aromatic heterocycles. The Bertz CT molecular complexity index is 426. The third-order valence-electron chi connectivity index (χ3n) is 2.29. The van der Waals surface area contributed by atoms with E-state index in [2.05, 4.69) is 4.98 Å². The lowest BCUT2D eigenvalue weighted by atomic mass is 10.1. The molecule has 2 aromatic rings. The zero-order valence-corrected chi connectivity index (χ0v) is 8.43. The van der Waals surface area contributed by atoms with Crippen molar-refractivity contribution in [3.63, 3.8) is 0 Å². The number of aromatic nitrogens is 1. The molecule has 0 amide bonds. The van der Waals surface area contributed by atoms with Crippen molar-refractivity contribution >= 4 is 0 Å². The van der Waals surface area contributed by atoms with E-state index in [0.717, 1.165) is 17.7 Å². The quantitative estimate of drug-likeness (QED) is 0.821. The monoisotopic (exact) mass is 199 g/mol. The van der Waals surface area contributed by atoms with Gasteiger partial charge in [-0.1, -0.05) is 30.3 Å². The van der Waals surface area contributed by atoms with Crippen LogP contribution in [0.3, 0.4) is 0 Å². The molecule has 0 saturated carbocycles. The molecule has 76 valence electrons. The summed E-state index contributed by atoms with van der Waals surface area (Å²) in [7, 11) is 0. The van der Waals surface area contributed by atoms with Gasteiger partial charge in [0, 0.05) is 18.3 Å². The van der Waals surface area contributed by atoms with Crippen LogP contribution in [0.5, 0.6) is 0 Å². The second-order valence-corrected chi connectivity index (χ2v) is 3.48. The Labute approximate surface area is 89.2 Å². The van der Waals surface area contributed by atoms with Crippen LogP contribution >= 0.6 is 0 Å². The second-order valence-electron chi connectivity index (χ2n) is 3.48. The van der Waals surface area contributed by atoms with Crippen LogP contribution in [0, 0.1) is 0 Å². The van der Waals surface area contributed by atoms with Gasteiger partial charge in [-0.15, -0.1) is 0 Å². The molecule has 0 spiro atoms. The highest BCUT2D eigenvalue weighted by Gasteiger charge is 1.97. The fourth-order valence-electron chi connectivity index (χ4n) is 1.55. The van der Waals surface area contributed by atoms with E-state index in [9.17, 15) is 0 Å². The molecule has 2 rings (SSSR count). The molecule has 1 aromatic carbocycles. The average Bonchev–Trinajstić information content (AvgIpc) is 2.31. The number of hydrogen-bond acceptors (Lipinski definition) is 2. The van der Waals surface area contributed by atoms with Crippen molar-refractivity contribution in [3.8, 4) is 0 Å². The Morgan fingerprint density at radius 3 is 2.60 bits per heavy atom. The smallest absolute Gasteiger partial charge is 0.0681 e. The fraction of sp³-hybridized carbons (Fsp3) is 0.154. The number of pyridine rings is 1. The topological polar surface area (TPSA) is 33.1 Å². The van der Waals surface area contributed by atoms with E-state index in [1.807, 2.05) is 42.5 Å². The molecule has 1 N–H and O–H groups in total. The van der Waals surface area contributed by atoms with Crippen LogP contribution in [0.4, 0.5) is 0 Å². The third-order valence-corrected chi connectivity index (χ3v) is 2.29. The van der Waals surface area contributed by atoms with E-state index in [0.29, 0.717) is 0 Å². The van der Waals surface area contributed by atoms with E-state index >= 15 is 0 Å². The summed E-state index contributed by atoms with van der Waals surface area (Å²) in [4.78, 5) is 4.27. The van der Waals surface area contributed by atoms with Gasteiger partial charge in [0.15, 0.2) is 0 Å². The lowest BCUT2D eigenvalue weighted by Crippen LogP contribution is -1.92. The first-order valence-electron chi connectivity index (χ1n) is 4.97. The first-order chi connectivity index (χ1) is 7.38. The molecule has 0 aliphatic rings. The fourth-order valence-corrected chi connectivity index (χ4v) is 1.55. The van der Waals surface area contributed by atoms with Gasteiger partial charge >= 0.3 is 0 Å². The Hall–Kier alpha value is -1.67. The summed E-state index contributed by atoms with van der Waals surface area (Å²) in [6.45, 7) is 0.0933. The van der Waals surface area contributed by atoms with Crippen LogP contribution < -0.4 is 0 Å². The molecule has 2 heteroatoms. The lowest BCUT2D eigenvalue weighted by molar-refractivity contribution is 0.281. The average molecular weight is 199 g/mol. The Morgan fingerprint density at radius 2 is 1.87 bits per heavy atom. The Balaban J connectivity index is 2.17. The van der Waals surface area contributed by atoms with Gasteiger partial charge < -0.3 is 5.11 Å². The van der Waals surface area contributed by atoms with Crippen LogP contribution in [-0.4, -0.2) is 10.1 Å². The maximum absolute atomic E-state index is 9.01. The van der Waals surface area contributed by atoms with E-state index < -0.39 is 0 Å². The molecule has 0 saturated heterocycles. The van der Waals surface area contributed by atoms with Gasteiger partial charge in [0.05, 0.1) is 6.61 Å². The standard InChI is InChI=1S/C13H13NO/c15-10-12-5-3-4-11(8-12)9-13-6-1-2-7-14-13/h1-8,15H,9-10H2. The molecular formula is C13H13NO. The van der Waals surface area contributed by atoms with Crippen LogP contribution in [-0.2, 0) is 13.0 Å². The van der Waals surface area contributed by atoms with Gasteiger partial charge in [-0.3, -0.25) is 4.98 Å². The molecule has 1 heterocycles. The van der Waals surface area contributed by atoms with Gasteiger partial charge in [0.2, 0.25) is 0 Å². The van der Waals surface area contributed by atoms with Crippen LogP contribution in [0.2, 0.25) is 0 Å². The van der Waals surface area contributed by atoms with Gasteiger partial charge in [-0.2, -0.15) is 0 Å². The highest BCUT2D eigenvalue weighted by atomic mass is 16.3. The minimum Gasteiger partial charge on any atom is -0.392 e. The molecule has 0 aliphatic heterocycles. The van der Waals surface area contributed by atoms with Crippen LogP contribution in [0.25, 0.3) is 0 Å². The van der Waals surface area contributed by atoms with Gasteiger partial charge in [-0.05, 0) is 23.3 Å². The maximum Gasteiger partial charge on any atom is 0.0681 e. The molecule has 15 heavy (non-hydrogen) atoms. The van der Waals surface area contributed by atoms with E-state index in [1.54, 1.807) is 6.20 Å². The van der Waals surface area contributed by atoms with E-state index in [1.165, 1.54) is 5.56 Å². The number of aliphatic hydroxyl groups is 1. The normalized spacial score (nSPS) is 10.2. The number of hydrogen-bond donors (Lipinski definition) is 1. The summed E-state index contributed by atoms with van der Waals surface area (Å²) in [5.74, 6) is 0. The highest BCUT2D eigenvalue weighted by molar-refractivity contribution is 5.26. The number of aliphatic hydroxyl groups excluding tert-OH is 1. The minimum atomic E-state index is 0.0933. The molecule has 0 fully saturated rings. The minimum absolute atomic E-state index is 0.0933. The van der Waals surface area contributed by atoms with Crippen molar-refractivity contribution in [1.29, 1.82) is 0 Å². The number of rotatable bonds is 3. The molecule has 0 bridgehead atoms. The van der Waals surface area contributed by atoms with Crippen molar-refractivity contribution in [2.45, 2.75) is 13.0 Å². The lowest BCUT2D eigenvalue weighted by Gasteiger charge is -2.02. The number of nitrogens with zero attached hydrogens (tertiary/aromatic N) is 1. The molecule has 0 unspecified atom stereocenters. The van der Waals surface area contributed by atoms with Crippen molar-refractivity contribution in [2.24, 2.45) is 0 Å². The van der Waals surface area contributed by atoms with Gasteiger partial charge in [-0.25, -0.2) is 0 Å².